The molecule has 0 spiro atoms. The highest BCUT2D eigenvalue weighted by Gasteiger charge is 2.38. The van der Waals surface area contributed by atoms with Gasteiger partial charge in [0.15, 0.2) is 21.5 Å². The van der Waals surface area contributed by atoms with Crippen LogP contribution in [0.2, 0.25) is 0 Å². The van der Waals surface area contributed by atoms with Crippen molar-refractivity contribution in [2.75, 3.05) is 6.54 Å². The molecule has 0 amide bonds. The average molecular weight is 317 g/mol. The van der Waals surface area contributed by atoms with Gasteiger partial charge in [0.1, 0.15) is 0 Å². The minimum Gasteiger partial charge on any atom is -0.313 e. The summed E-state index contributed by atoms with van der Waals surface area (Å²) in [6, 6.07) is 2.67. The smallest absolute Gasteiger partial charge is 0.182 e. The highest BCUT2D eigenvalue weighted by Crippen LogP contribution is 2.32. The molecule has 1 aliphatic carbocycles. The molecule has 2 rings (SSSR count). The van der Waals surface area contributed by atoms with E-state index >= 15 is 0 Å². The van der Waals surface area contributed by atoms with Crippen molar-refractivity contribution in [1.29, 1.82) is 0 Å². The fourth-order valence-corrected chi connectivity index (χ4v) is 5.12. The summed E-state index contributed by atoms with van der Waals surface area (Å²) >= 11 is 0. The van der Waals surface area contributed by atoms with Gasteiger partial charge in [0.05, 0.1) is 10.1 Å². The first-order chi connectivity index (χ1) is 9.86. The molecule has 0 aromatic heterocycles. The van der Waals surface area contributed by atoms with Gasteiger partial charge in [-0.1, -0.05) is 13.8 Å². The van der Waals surface area contributed by atoms with Crippen LogP contribution in [0, 0.1) is 17.6 Å². The van der Waals surface area contributed by atoms with Gasteiger partial charge in [0.25, 0.3) is 0 Å². The van der Waals surface area contributed by atoms with E-state index in [2.05, 4.69) is 5.32 Å². The molecule has 1 fully saturated rings. The lowest BCUT2D eigenvalue weighted by Gasteiger charge is -2.35. The Labute approximate surface area is 124 Å². The average Bonchev–Trinajstić information content (AvgIpc) is 2.44. The second-order valence-corrected chi connectivity index (χ2v) is 7.91. The number of halogens is 2. The van der Waals surface area contributed by atoms with Crippen molar-refractivity contribution in [3.63, 3.8) is 0 Å². The molecule has 1 saturated carbocycles. The molecule has 0 saturated heterocycles. The topological polar surface area (TPSA) is 46.2 Å². The molecule has 0 aliphatic heterocycles. The summed E-state index contributed by atoms with van der Waals surface area (Å²) < 4.78 is 51.9. The van der Waals surface area contributed by atoms with Crippen LogP contribution in [0.25, 0.3) is 0 Å². The Hall–Kier alpha value is -1.01. The lowest BCUT2D eigenvalue weighted by molar-refractivity contribution is 0.311. The summed E-state index contributed by atoms with van der Waals surface area (Å²) in [6.07, 6.45) is 2.29. The quantitative estimate of drug-likeness (QED) is 0.869. The second kappa shape index (κ2) is 6.40. The van der Waals surface area contributed by atoms with E-state index in [1.54, 1.807) is 0 Å². The molecule has 3 nitrogen and oxygen atoms in total. The number of sulfone groups is 1. The molecule has 6 heteroatoms. The molecule has 118 valence electrons. The van der Waals surface area contributed by atoms with Crippen molar-refractivity contribution >= 4 is 9.84 Å². The zero-order valence-electron chi connectivity index (χ0n) is 12.3. The fraction of sp³-hybridized carbons (Fsp3) is 0.600. The van der Waals surface area contributed by atoms with E-state index < -0.39 is 26.7 Å². The molecule has 3 atom stereocenters. The summed E-state index contributed by atoms with van der Waals surface area (Å²) in [5.74, 6) is -1.85. The third-order valence-electron chi connectivity index (χ3n) is 4.14. The van der Waals surface area contributed by atoms with Gasteiger partial charge in [-0.25, -0.2) is 17.2 Å². The Balaban J connectivity index is 2.36. The third kappa shape index (κ3) is 3.43. The standard InChI is InChI=1S/C15H21F2NO2S/c1-3-18-14-7-4-10(2)8-15(14)21(19,20)11-5-6-12(16)13(17)9-11/h5-6,9-10,14-15,18H,3-4,7-8H2,1-2H3. The molecule has 0 radical (unpaired) electrons. The monoisotopic (exact) mass is 317 g/mol. The molecule has 0 bridgehead atoms. The zero-order valence-corrected chi connectivity index (χ0v) is 13.1. The van der Waals surface area contributed by atoms with Crippen molar-refractivity contribution in [3.05, 3.63) is 29.8 Å². The summed E-state index contributed by atoms with van der Waals surface area (Å²) in [5.41, 5.74) is 0. The molecule has 1 aromatic rings. The van der Waals surface area contributed by atoms with Crippen LogP contribution >= 0.6 is 0 Å². The van der Waals surface area contributed by atoms with Gasteiger partial charge in [-0.05, 0) is 49.9 Å². The van der Waals surface area contributed by atoms with Gasteiger partial charge >= 0.3 is 0 Å². The number of hydrogen-bond donors (Lipinski definition) is 1. The van der Waals surface area contributed by atoms with Crippen LogP contribution in [-0.2, 0) is 9.84 Å². The van der Waals surface area contributed by atoms with Crippen molar-refractivity contribution in [2.24, 2.45) is 5.92 Å². The zero-order chi connectivity index (χ0) is 15.6. The van der Waals surface area contributed by atoms with Gasteiger partial charge in [0, 0.05) is 6.04 Å². The van der Waals surface area contributed by atoms with E-state index in [1.165, 1.54) is 0 Å². The molecule has 0 heterocycles. The van der Waals surface area contributed by atoms with E-state index in [4.69, 9.17) is 0 Å². The van der Waals surface area contributed by atoms with Crippen molar-refractivity contribution in [2.45, 2.75) is 49.3 Å². The first-order valence-electron chi connectivity index (χ1n) is 7.28. The van der Waals surface area contributed by atoms with E-state index in [1.807, 2.05) is 13.8 Å². The number of nitrogens with one attached hydrogen (secondary N) is 1. The van der Waals surface area contributed by atoms with Crippen molar-refractivity contribution in [1.82, 2.24) is 5.32 Å². The SMILES string of the molecule is CCNC1CCC(C)CC1S(=O)(=O)c1ccc(F)c(F)c1. The summed E-state index contributed by atoms with van der Waals surface area (Å²) in [7, 11) is -3.67. The second-order valence-electron chi connectivity index (χ2n) is 5.74. The number of benzene rings is 1. The predicted octanol–water partition coefficient (Wildman–Crippen LogP) is 2.91. The summed E-state index contributed by atoms with van der Waals surface area (Å²) in [4.78, 5) is -0.136. The van der Waals surface area contributed by atoms with Crippen LogP contribution in [0.5, 0.6) is 0 Å². The van der Waals surface area contributed by atoms with E-state index in [0.29, 0.717) is 18.9 Å². The summed E-state index contributed by atoms with van der Waals surface area (Å²) in [5, 5.41) is 2.62. The highest BCUT2D eigenvalue weighted by atomic mass is 32.2. The van der Waals surface area contributed by atoms with Crippen molar-refractivity contribution in [3.8, 4) is 0 Å². The van der Waals surface area contributed by atoms with Crippen LogP contribution < -0.4 is 5.32 Å². The number of hydrogen-bond acceptors (Lipinski definition) is 3. The van der Waals surface area contributed by atoms with Gasteiger partial charge in [-0.15, -0.1) is 0 Å². The Morgan fingerprint density at radius 1 is 1.24 bits per heavy atom. The fourth-order valence-electron chi connectivity index (χ4n) is 3.00. The molecule has 1 aliphatic rings. The molecule has 1 aromatic carbocycles. The van der Waals surface area contributed by atoms with Crippen LogP contribution in [0.3, 0.4) is 0 Å². The first-order valence-corrected chi connectivity index (χ1v) is 8.83. The molecular formula is C15H21F2NO2S. The van der Waals surface area contributed by atoms with Gasteiger partial charge in [-0.3, -0.25) is 0 Å². The van der Waals surface area contributed by atoms with Crippen LogP contribution in [-0.4, -0.2) is 26.3 Å². The minimum absolute atomic E-state index is 0.135. The lowest BCUT2D eigenvalue weighted by atomic mass is 9.87. The highest BCUT2D eigenvalue weighted by molar-refractivity contribution is 7.92. The van der Waals surface area contributed by atoms with Crippen LogP contribution in [0.15, 0.2) is 23.1 Å². The molecule has 1 N–H and O–H groups in total. The maximum absolute atomic E-state index is 13.3. The van der Waals surface area contributed by atoms with E-state index in [9.17, 15) is 17.2 Å². The Morgan fingerprint density at radius 2 is 1.95 bits per heavy atom. The Bertz CT molecular complexity index is 604. The summed E-state index contributed by atoms with van der Waals surface area (Å²) in [6.45, 7) is 4.64. The van der Waals surface area contributed by atoms with E-state index in [-0.39, 0.29) is 10.9 Å². The Kier molecular flexibility index (Phi) is 4.99. The maximum Gasteiger partial charge on any atom is 0.182 e. The largest absolute Gasteiger partial charge is 0.313 e. The van der Waals surface area contributed by atoms with Crippen molar-refractivity contribution < 1.29 is 17.2 Å². The Morgan fingerprint density at radius 3 is 2.57 bits per heavy atom. The lowest BCUT2D eigenvalue weighted by Crippen LogP contribution is -2.47. The van der Waals surface area contributed by atoms with Gasteiger partial charge in [-0.2, -0.15) is 0 Å². The molecule has 3 unspecified atom stereocenters. The van der Waals surface area contributed by atoms with Crippen LogP contribution in [0.4, 0.5) is 8.78 Å². The first kappa shape index (κ1) is 16.4. The molecular weight excluding hydrogens is 296 g/mol. The normalized spacial score (nSPS) is 26.8. The third-order valence-corrected chi connectivity index (χ3v) is 6.37. The number of rotatable bonds is 4. The minimum atomic E-state index is -3.67. The van der Waals surface area contributed by atoms with Crippen LogP contribution in [0.1, 0.15) is 33.1 Å². The predicted molar refractivity (Wildman–Crippen MR) is 77.8 cm³/mol. The van der Waals surface area contributed by atoms with Gasteiger partial charge < -0.3 is 5.32 Å². The van der Waals surface area contributed by atoms with Gasteiger partial charge in [0.2, 0.25) is 0 Å². The molecule has 21 heavy (non-hydrogen) atoms. The maximum atomic E-state index is 13.3. The van der Waals surface area contributed by atoms with E-state index in [0.717, 1.165) is 31.0 Å².